The van der Waals surface area contributed by atoms with Crippen LogP contribution >= 0.6 is 11.3 Å². The highest BCUT2D eigenvalue weighted by Crippen LogP contribution is 2.28. The average Bonchev–Trinajstić information content (AvgIpc) is 3.27. The number of hydrogen-bond acceptors (Lipinski definition) is 4. The minimum Gasteiger partial charge on any atom is -0.398 e. The molecule has 0 amide bonds. The van der Waals surface area contributed by atoms with Gasteiger partial charge < -0.3 is 10.3 Å². The van der Waals surface area contributed by atoms with Crippen LogP contribution in [-0.2, 0) is 13.5 Å². The number of benzene rings is 2. The highest BCUT2D eigenvalue weighted by molar-refractivity contribution is 7.13. The molecule has 2 heterocycles. The molecular formula is C20H17N3OS. The largest absolute Gasteiger partial charge is 0.398 e. The molecule has 0 aliphatic rings. The first-order chi connectivity index (χ1) is 12.1. The second kappa shape index (κ2) is 6.18. The van der Waals surface area contributed by atoms with E-state index >= 15 is 0 Å². The Kier molecular flexibility index (Phi) is 3.86. The lowest BCUT2D eigenvalue weighted by molar-refractivity contribution is 0.0993. The Balaban J connectivity index is 1.64. The summed E-state index contributed by atoms with van der Waals surface area (Å²) >= 11 is 1.67. The van der Waals surface area contributed by atoms with Gasteiger partial charge in [0, 0.05) is 29.6 Å². The van der Waals surface area contributed by atoms with Gasteiger partial charge in [0.1, 0.15) is 0 Å². The fourth-order valence-corrected chi connectivity index (χ4v) is 3.66. The van der Waals surface area contributed by atoms with Crippen molar-refractivity contribution >= 4 is 33.8 Å². The van der Waals surface area contributed by atoms with Gasteiger partial charge in [0.2, 0.25) is 0 Å². The monoisotopic (exact) mass is 347 g/mol. The number of nitrogens with two attached hydrogens (primary N) is 1. The predicted molar refractivity (Wildman–Crippen MR) is 103 cm³/mol. The van der Waals surface area contributed by atoms with E-state index in [0.717, 1.165) is 22.2 Å². The van der Waals surface area contributed by atoms with Crippen LogP contribution in [-0.4, -0.2) is 15.3 Å². The van der Waals surface area contributed by atoms with Crippen molar-refractivity contribution in [2.45, 2.75) is 6.42 Å². The summed E-state index contributed by atoms with van der Waals surface area (Å²) in [6.07, 6.45) is 2.03. The molecule has 4 nitrogen and oxygen atoms in total. The first kappa shape index (κ1) is 15.6. The van der Waals surface area contributed by atoms with Gasteiger partial charge in [-0.15, -0.1) is 11.3 Å². The van der Waals surface area contributed by atoms with Crippen LogP contribution < -0.4 is 5.73 Å². The maximum atomic E-state index is 12.7. The lowest BCUT2D eigenvalue weighted by Crippen LogP contribution is -2.06. The number of Topliss-reactive ketones (excluding diaryl/α,β-unsaturated/α-hetero) is 1. The van der Waals surface area contributed by atoms with Gasteiger partial charge in [0.25, 0.3) is 0 Å². The lowest BCUT2D eigenvalue weighted by Gasteiger charge is -2.08. The van der Waals surface area contributed by atoms with Crippen LogP contribution in [0.25, 0.3) is 21.5 Å². The number of nitrogens with zero attached hydrogens (tertiary/aromatic N) is 2. The fourth-order valence-electron chi connectivity index (χ4n) is 2.94. The SMILES string of the molecule is Cn1cnc2cc(C(=O)Cc3cc(-c4cccs4)ccc3N)ccc21. The summed E-state index contributed by atoms with van der Waals surface area (Å²) in [6, 6.07) is 15.6. The van der Waals surface area contributed by atoms with Gasteiger partial charge in [0.15, 0.2) is 5.78 Å². The van der Waals surface area contributed by atoms with Crippen LogP contribution in [0.5, 0.6) is 0 Å². The van der Waals surface area contributed by atoms with E-state index in [9.17, 15) is 4.79 Å². The van der Waals surface area contributed by atoms with Crippen molar-refractivity contribution in [1.29, 1.82) is 0 Å². The van der Waals surface area contributed by atoms with Crippen LogP contribution in [0.2, 0.25) is 0 Å². The molecule has 0 unspecified atom stereocenters. The zero-order valence-corrected chi connectivity index (χ0v) is 14.6. The number of imidazole rings is 1. The summed E-state index contributed by atoms with van der Waals surface area (Å²) in [5, 5.41) is 2.04. The number of aryl methyl sites for hydroxylation is 1. The number of aromatic nitrogens is 2. The zero-order valence-electron chi connectivity index (χ0n) is 13.8. The van der Waals surface area contributed by atoms with E-state index in [0.29, 0.717) is 11.3 Å². The molecule has 0 spiro atoms. The minimum atomic E-state index is 0.0441. The highest BCUT2D eigenvalue weighted by Gasteiger charge is 2.12. The van der Waals surface area contributed by atoms with Crippen molar-refractivity contribution in [3.05, 3.63) is 71.4 Å². The number of hydrogen-bond donors (Lipinski definition) is 1. The number of thiophene rings is 1. The molecule has 2 N–H and O–H groups in total. The Bertz CT molecular complexity index is 1060. The van der Waals surface area contributed by atoms with Crippen molar-refractivity contribution in [2.75, 3.05) is 5.73 Å². The number of fused-ring (bicyclic) bond motifs is 1. The number of rotatable bonds is 4. The second-order valence-corrected chi connectivity index (χ2v) is 7.00. The molecular weight excluding hydrogens is 330 g/mol. The third kappa shape index (κ3) is 2.94. The summed E-state index contributed by atoms with van der Waals surface area (Å²) in [7, 11) is 1.94. The molecule has 0 fully saturated rings. The third-order valence-electron chi connectivity index (χ3n) is 4.35. The maximum absolute atomic E-state index is 12.7. The van der Waals surface area contributed by atoms with Crippen molar-refractivity contribution in [3.63, 3.8) is 0 Å². The Labute approximate surface area is 149 Å². The van der Waals surface area contributed by atoms with Crippen LogP contribution in [0.1, 0.15) is 15.9 Å². The smallest absolute Gasteiger partial charge is 0.167 e. The maximum Gasteiger partial charge on any atom is 0.167 e. The van der Waals surface area contributed by atoms with E-state index < -0.39 is 0 Å². The molecule has 5 heteroatoms. The molecule has 124 valence electrons. The van der Waals surface area contributed by atoms with E-state index in [2.05, 4.69) is 11.1 Å². The average molecular weight is 347 g/mol. The van der Waals surface area contributed by atoms with E-state index in [1.54, 1.807) is 17.7 Å². The van der Waals surface area contributed by atoms with E-state index in [1.807, 2.05) is 59.5 Å². The van der Waals surface area contributed by atoms with Crippen LogP contribution in [0.4, 0.5) is 5.69 Å². The first-order valence-corrected chi connectivity index (χ1v) is 8.86. The van der Waals surface area contributed by atoms with E-state index in [4.69, 9.17) is 5.73 Å². The third-order valence-corrected chi connectivity index (χ3v) is 5.27. The molecule has 0 saturated heterocycles. The Morgan fingerprint density at radius 1 is 1.20 bits per heavy atom. The van der Waals surface area contributed by atoms with Crippen LogP contribution in [0.15, 0.2) is 60.2 Å². The van der Waals surface area contributed by atoms with Gasteiger partial charge >= 0.3 is 0 Å². The summed E-state index contributed by atoms with van der Waals surface area (Å²) < 4.78 is 1.94. The molecule has 0 atom stereocenters. The second-order valence-electron chi connectivity index (χ2n) is 6.05. The van der Waals surface area contributed by atoms with Gasteiger partial charge in [-0.3, -0.25) is 4.79 Å². The van der Waals surface area contributed by atoms with Crippen molar-refractivity contribution in [3.8, 4) is 10.4 Å². The Morgan fingerprint density at radius 3 is 2.88 bits per heavy atom. The summed E-state index contributed by atoms with van der Waals surface area (Å²) in [5.74, 6) is 0.0441. The summed E-state index contributed by atoms with van der Waals surface area (Å²) in [6.45, 7) is 0. The Morgan fingerprint density at radius 2 is 2.08 bits per heavy atom. The molecule has 4 rings (SSSR count). The minimum absolute atomic E-state index is 0.0441. The first-order valence-electron chi connectivity index (χ1n) is 7.98. The molecule has 2 aromatic carbocycles. The quantitative estimate of drug-likeness (QED) is 0.442. The van der Waals surface area contributed by atoms with Crippen molar-refractivity contribution in [1.82, 2.24) is 9.55 Å². The standard InChI is InChI=1S/C20H17N3OS/c1-23-12-22-17-10-13(5-7-18(17)23)19(24)11-15-9-14(4-6-16(15)21)20-3-2-8-25-20/h2-10,12H,11,21H2,1H3. The molecule has 4 aromatic rings. The summed E-state index contributed by atoms with van der Waals surface area (Å²) in [4.78, 5) is 18.2. The van der Waals surface area contributed by atoms with Crippen molar-refractivity contribution < 1.29 is 4.79 Å². The van der Waals surface area contributed by atoms with E-state index in [-0.39, 0.29) is 12.2 Å². The van der Waals surface area contributed by atoms with Crippen LogP contribution in [0, 0.1) is 0 Å². The molecule has 0 saturated carbocycles. The number of carbonyl (C=O) groups is 1. The number of anilines is 1. The number of ketones is 1. The number of nitrogen functional groups attached to an aromatic ring is 1. The molecule has 0 aliphatic heterocycles. The van der Waals surface area contributed by atoms with Gasteiger partial charge in [-0.1, -0.05) is 12.1 Å². The molecule has 25 heavy (non-hydrogen) atoms. The van der Waals surface area contributed by atoms with Crippen molar-refractivity contribution in [2.24, 2.45) is 7.05 Å². The van der Waals surface area contributed by atoms with Crippen LogP contribution in [0.3, 0.4) is 0 Å². The van der Waals surface area contributed by atoms with Gasteiger partial charge in [-0.05, 0) is 52.9 Å². The molecule has 0 bridgehead atoms. The molecule has 2 aromatic heterocycles. The van der Waals surface area contributed by atoms with Gasteiger partial charge in [-0.2, -0.15) is 0 Å². The normalized spacial score (nSPS) is 11.1. The zero-order chi connectivity index (χ0) is 17.4. The Hall–Kier alpha value is -2.92. The number of carbonyl (C=O) groups excluding carboxylic acids is 1. The molecule has 0 aliphatic carbocycles. The molecule has 0 radical (unpaired) electrons. The van der Waals surface area contributed by atoms with Gasteiger partial charge in [0.05, 0.1) is 17.4 Å². The fraction of sp³-hybridized carbons (Fsp3) is 0.100. The highest BCUT2D eigenvalue weighted by atomic mass is 32.1. The lowest BCUT2D eigenvalue weighted by atomic mass is 9.99. The predicted octanol–water partition coefficient (Wildman–Crippen LogP) is 4.31. The van der Waals surface area contributed by atoms with E-state index in [1.165, 1.54) is 4.88 Å². The van der Waals surface area contributed by atoms with Gasteiger partial charge in [-0.25, -0.2) is 4.98 Å². The topological polar surface area (TPSA) is 60.9 Å². The summed E-state index contributed by atoms with van der Waals surface area (Å²) in [5.41, 5.74) is 11.2.